The molecule has 1 aliphatic heterocycles. The number of hydrogen-bond acceptors (Lipinski definition) is 6. The molecule has 2 rings (SSSR count). The van der Waals surface area contributed by atoms with Crippen LogP contribution in [-0.2, 0) is 16.6 Å². The van der Waals surface area contributed by atoms with Crippen molar-refractivity contribution in [1.82, 2.24) is 15.1 Å². The van der Waals surface area contributed by atoms with Gasteiger partial charge in [-0.3, -0.25) is 9.89 Å². The van der Waals surface area contributed by atoms with Gasteiger partial charge in [0.2, 0.25) is 10.0 Å². The standard InChI is InChI=1S/C18H31N5O4S/c1-4-20-18(21-7-12-28(19,24)25)23-10-8-22(9-11-23)14-15-13-16(26-2)5-6-17(15)27-3/h5-6,13H,4,7-12,14H2,1-3H3,(H,20,21)(H2,19,24,25). The molecule has 1 aliphatic rings. The summed E-state index contributed by atoms with van der Waals surface area (Å²) >= 11 is 0. The number of sulfonamides is 1. The highest BCUT2D eigenvalue weighted by atomic mass is 32.2. The minimum absolute atomic E-state index is 0.155. The minimum Gasteiger partial charge on any atom is -0.497 e. The second-order valence-electron chi connectivity index (χ2n) is 6.54. The van der Waals surface area contributed by atoms with Crippen LogP contribution in [0.1, 0.15) is 12.5 Å². The Hall–Kier alpha value is -2.04. The van der Waals surface area contributed by atoms with Gasteiger partial charge in [0.05, 0.1) is 26.5 Å². The highest BCUT2D eigenvalue weighted by molar-refractivity contribution is 7.89. The number of ether oxygens (including phenoxy) is 2. The SMILES string of the molecule is CCNC(=NCCS(N)(=O)=O)N1CCN(Cc2cc(OC)ccc2OC)CC1. The summed E-state index contributed by atoms with van der Waals surface area (Å²) < 4.78 is 33.0. The Balaban J connectivity index is 1.96. The number of rotatable bonds is 8. The molecule has 10 heteroatoms. The molecule has 158 valence electrons. The first-order valence-corrected chi connectivity index (χ1v) is 11.0. The Morgan fingerprint density at radius 2 is 1.93 bits per heavy atom. The molecule has 1 saturated heterocycles. The lowest BCUT2D eigenvalue weighted by Gasteiger charge is -2.36. The van der Waals surface area contributed by atoms with Crippen molar-refractivity contribution in [3.05, 3.63) is 23.8 Å². The lowest BCUT2D eigenvalue weighted by atomic mass is 10.1. The van der Waals surface area contributed by atoms with E-state index in [1.165, 1.54) is 0 Å². The summed E-state index contributed by atoms with van der Waals surface area (Å²) in [4.78, 5) is 8.89. The van der Waals surface area contributed by atoms with Gasteiger partial charge < -0.3 is 19.7 Å². The maximum atomic E-state index is 11.1. The van der Waals surface area contributed by atoms with E-state index < -0.39 is 10.0 Å². The third kappa shape index (κ3) is 6.84. The van der Waals surface area contributed by atoms with Crippen LogP contribution in [0.2, 0.25) is 0 Å². The second kappa shape index (κ2) is 10.5. The Morgan fingerprint density at radius 1 is 1.21 bits per heavy atom. The topological polar surface area (TPSA) is 109 Å². The number of methoxy groups -OCH3 is 2. The number of nitrogens with two attached hydrogens (primary N) is 1. The molecule has 0 aliphatic carbocycles. The molecule has 1 aromatic carbocycles. The van der Waals surface area contributed by atoms with E-state index in [0.717, 1.165) is 62.3 Å². The molecular formula is C18H31N5O4S. The maximum absolute atomic E-state index is 11.1. The highest BCUT2D eigenvalue weighted by Crippen LogP contribution is 2.25. The molecule has 0 bridgehead atoms. The number of nitrogens with one attached hydrogen (secondary N) is 1. The molecule has 0 aromatic heterocycles. The Morgan fingerprint density at radius 3 is 2.50 bits per heavy atom. The number of guanidine groups is 1. The molecule has 0 radical (unpaired) electrons. The van der Waals surface area contributed by atoms with Gasteiger partial charge in [0.15, 0.2) is 5.96 Å². The van der Waals surface area contributed by atoms with E-state index in [9.17, 15) is 8.42 Å². The largest absolute Gasteiger partial charge is 0.497 e. The zero-order chi connectivity index (χ0) is 20.6. The van der Waals surface area contributed by atoms with Gasteiger partial charge in [-0.2, -0.15) is 0 Å². The van der Waals surface area contributed by atoms with Crippen LogP contribution in [0.3, 0.4) is 0 Å². The summed E-state index contributed by atoms with van der Waals surface area (Å²) in [5, 5.41) is 8.27. The molecule has 1 fully saturated rings. The van der Waals surface area contributed by atoms with Gasteiger partial charge in [-0.05, 0) is 25.1 Å². The summed E-state index contributed by atoms with van der Waals surface area (Å²) in [6.07, 6.45) is 0. The van der Waals surface area contributed by atoms with Crippen LogP contribution < -0.4 is 19.9 Å². The number of primary sulfonamides is 1. The minimum atomic E-state index is -3.50. The van der Waals surface area contributed by atoms with Crippen LogP contribution in [0.4, 0.5) is 0 Å². The number of aliphatic imine (C=N–C) groups is 1. The van der Waals surface area contributed by atoms with Gasteiger partial charge >= 0.3 is 0 Å². The van der Waals surface area contributed by atoms with Crippen molar-refractivity contribution in [2.45, 2.75) is 13.5 Å². The zero-order valence-electron chi connectivity index (χ0n) is 16.8. The number of piperazine rings is 1. The molecule has 28 heavy (non-hydrogen) atoms. The lowest BCUT2D eigenvalue weighted by Crippen LogP contribution is -2.52. The van der Waals surface area contributed by atoms with Crippen molar-refractivity contribution in [2.75, 3.05) is 59.2 Å². The predicted octanol–water partition coefficient (Wildman–Crippen LogP) is 0.0754. The van der Waals surface area contributed by atoms with E-state index in [2.05, 4.69) is 20.1 Å². The van der Waals surface area contributed by atoms with Crippen LogP contribution in [0.15, 0.2) is 23.2 Å². The molecule has 0 atom stereocenters. The van der Waals surface area contributed by atoms with Crippen LogP contribution >= 0.6 is 0 Å². The molecule has 0 spiro atoms. The first-order valence-electron chi connectivity index (χ1n) is 9.33. The van der Waals surface area contributed by atoms with Crippen molar-refractivity contribution in [2.24, 2.45) is 10.1 Å². The molecule has 9 nitrogen and oxygen atoms in total. The summed E-state index contributed by atoms with van der Waals surface area (Å²) in [5.41, 5.74) is 1.09. The Bertz CT molecular complexity index is 761. The quantitative estimate of drug-likeness (QED) is 0.459. The van der Waals surface area contributed by atoms with Crippen LogP contribution in [0.25, 0.3) is 0 Å². The van der Waals surface area contributed by atoms with Crippen molar-refractivity contribution < 1.29 is 17.9 Å². The Kier molecular flexibility index (Phi) is 8.34. The van der Waals surface area contributed by atoms with E-state index in [1.54, 1.807) is 14.2 Å². The lowest BCUT2D eigenvalue weighted by molar-refractivity contribution is 0.171. The third-order valence-electron chi connectivity index (χ3n) is 4.53. The van der Waals surface area contributed by atoms with Gasteiger partial charge in [0.1, 0.15) is 11.5 Å². The third-order valence-corrected chi connectivity index (χ3v) is 5.28. The summed E-state index contributed by atoms with van der Waals surface area (Å²) in [7, 11) is -0.180. The van der Waals surface area contributed by atoms with E-state index in [0.29, 0.717) is 0 Å². The first kappa shape index (κ1) is 22.3. The maximum Gasteiger partial charge on any atom is 0.210 e. The fourth-order valence-electron chi connectivity index (χ4n) is 3.07. The summed E-state index contributed by atoms with van der Waals surface area (Å²) in [6.45, 7) is 6.95. The van der Waals surface area contributed by atoms with E-state index in [1.807, 2.05) is 25.1 Å². The van der Waals surface area contributed by atoms with Gasteiger partial charge in [-0.1, -0.05) is 0 Å². The average molecular weight is 414 g/mol. The predicted molar refractivity (Wildman–Crippen MR) is 110 cm³/mol. The second-order valence-corrected chi connectivity index (χ2v) is 8.28. The van der Waals surface area contributed by atoms with Crippen molar-refractivity contribution in [3.63, 3.8) is 0 Å². The van der Waals surface area contributed by atoms with Crippen molar-refractivity contribution in [1.29, 1.82) is 0 Å². The average Bonchev–Trinajstić information content (AvgIpc) is 2.67. The van der Waals surface area contributed by atoms with Crippen LogP contribution in [0, 0.1) is 0 Å². The molecule has 0 unspecified atom stereocenters. The van der Waals surface area contributed by atoms with E-state index in [4.69, 9.17) is 14.6 Å². The molecule has 3 N–H and O–H groups in total. The van der Waals surface area contributed by atoms with Gasteiger partial charge in [-0.25, -0.2) is 13.6 Å². The van der Waals surface area contributed by atoms with Gasteiger partial charge in [-0.15, -0.1) is 0 Å². The molecule has 1 aromatic rings. The van der Waals surface area contributed by atoms with Crippen molar-refractivity contribution >= 4 is 16.0 Å². The molecule has 0 saturated carbocycles. The van der Waals surface area contributed by atoms with E-state index >= 15 is 0 Å². The normalized spacial score (nSPS) is 16.1. The smallest absolute Gasteiger partial charge is 0.210 e. The number of nitrogens with zero attached hydrogens (tertiary/aromatic N) is 3. The summed E-state index contributed by atoms with van der Waals surface area (Å²) in [5.74, 6) is 2.23. The molecular weight excluding hydrogens is 382 g/mol. The molecule has 1 heterocycles. The fraction of sp³-hybridized carbons (Fsp3) is 0.611. The molecule has 0 amide bonds. The number of benzene rings is 1. The van der Waals surface area contributed by atoms with E-state index in [-0.39, 0.29) is 12.3 Å². The fourth-order valence-corrected chi connectivity index (χ4v) is 3.41. The first-order chi connectivity index (χ1) is 13.4. The number of hydrogen-bond donors (Lipinski definition) is 2. The van der Waals surface area contributed by atoms with Crippen LogP contribution in [0.5, 0.6) is 11.5 Å². The highest BCUT2D eigenvalue weighted by Gasteiger charge is 2.21. The van der Waals surface area contributed by atoms with Gasteiger partial charge in [0, 0.05) is 44.8 Å². The van der Waals surface area contributed by atoms with Crippen molar-refractivity contribution in [3.8, 4) is 11.5 Å². The Labute approximate surface area is 167 Å². The zero-order valence-corrected chi connectivity index (χ0v) is 17.7. The van der Waals surface area contributed by atoms with Crippen LogP contribution in [-0.4, -0.2) is 83.4 Å². The summed E-state index contributed by atoms with van der Waals surface area (Å²) in [6, 6.07) is 5.82. The van der Waals surface area contributed by atoms with Gasteiger partial charge in [0.25, 0.3) is 0 Å². The monoisotopic (exact) mass is 413 g/mol.